The van der Waals surface area contributed by atoms with E-state index in [4.69, 9.17) is 39.9 Å². The summed E-state index contributed by atoms with van der Waals surface area (Å²) >= 11 is 0. The molecule has 0 unspecified atom stereocenters. The second kappa shape index (κ2) is 31.2. The number of rotatable bonds is 12. The van der Waals surface area contributed by atoms with Crippen LogP contribution in [-0.2, 0) is 0 Å². The maximum atomic E-state index is 4.97. The van der Waals surface area contributed by atoms with Gasteiger partial charge in [-0.2, -0.15) is 0 Å². The van der Waals surface area contributed by atoms with E-state index >= 15 is 0 Å². The predicted molar refractivity (Wildman–Crippen MR) is 523 cm³/mol. The second-order valence-electron chi connectivity index (χ2n) is 34.6. The van der Waals surface area contributed by atoms with Gasteiger partial charge in [-0.1, -0.05) is 160 Å². The van der Waals surface area contributed by atoms with Gasteiger partial charge in [-0.15, -0.1) is 0 Å². The Labute approximate surface area is 742 Å². The first-order valence-electron chi connectivity index (χ1n) is 43.6. The van der Waals surface area contributed by atoms with Gasteiger partial charge in [0.05, 0.1) is 61.2 Å². The molecule has 22 rings (SSSR count). The van der Waals surface area contributed by atoms with Crippen molar-refractivity contribution >= 4 is 87.2 Å². The predicted octanol–water partition coefficient (Wildman–Crippen LogP) is 26.8. The highest BCUT2D eigenvalue weighted by atomic mass is 15.1. The van der Waals surface area contributed by atoms with Crippen LogP contribution in [0.5, 0.6) is 0 Å². The number of aryl methyl sites for hydroxylation is 16. The first-order valence-corrected chi connectivity index (χ1v) is 43.6. The molecule has 8 aromatic heterocycles. The van der Waals surface area contributed by atoms with Crippen molar-refractivity contribution in [3.63, 3.8) is 0 Å². The molecule has 0 amide bonds. The van der Waals surface area contributed by atoms with Crippen molar-refractivity contribution in [3.8, 4) is 113 Å². The highest BCUT2D eigenvalue weighted by Gasteiger charge is 2.27. The summed E-state index contributed by atoms with van der Waals surface area (Å²) in [5.41, 5.74) is 35.1. The quantitative estimate of drug-likeness (QED) is 0.113. The summed E-state index contributed by atoms with van der Waals surface area (Å²) in [6.45, 7) is 32.7. The molecule has 8 heterocycles. The van der Waals surface area contributed by atoms with Crippen LogP contribution in [0.1, 0.15) is 91.1 Å². The molecule has 0 saturated heterocycles. The zero-order valence-corrected chi connectivity index (χ0v) is 74.6. The summed E-state index contributed by atoms with van der Waals surface area (Å²) in [5, 5.41) is 9.80. The minimum atomic E-state index is 0.636. The van der Waals surface area contributed by atoms with E-state index in [2.05, 4.69) is 361 Å². The van der Waals surface area contributed by atoms with E-state index in [1.807, 2.05) is 55.4 Å². The molecule has 0 aliphatic rings. The number of benzene rings is 14. The topological polar surface area (TPSA) is 174 Å². The van der Waals surface area contributed by atoms with Gasteiger partial charge in [0.2, 0.25) is 0 Å². The molecular formula is C112H92N16. The average Bonchev–Trinajstić information content (AvgIpc) is 1.63. The molecule has 0 saturated carbocycles. The van der Waals surface area contributed by atoms with Crippen LogP contribution in [0.2, 0.25) is 0 Å². The van der Waals surface area contributed by atoms with Gasteiger partial charge in [0.15, 0.2) is 23.3 Å². The molecule has 16 nitrogen and oxygen atoms in total. The third-order valence-corrected chi connectivity index (χ3v) is 24.7. The molecule has 0 fully saturated rings. The van der Waals surface area contributed by atoms with Crippen molar-refractivity contribution < 1.29 is 0 Å². The maximum absolute atomic E-state index is 4.97. The molecule has 0 bridgehead atoms. The van der Waals surface area contributed by atoms with Crippen LogP contribution < -0.4 is 0 Å². The zero-order valence-electron chi connectivity index (χ0n) is 74.6. The van der Waals surface area contributed by atoms with E-state index in [1.165, 1.54) is 87.6 Å². The molecule has 14 aromatic carbocycles. The van der Waals surface area contributed by atoms with Gasteiger partial charge in [-0.05, 0) is 301 Å². The first kappa shape index (κ1) is 79.5. The molecule has 0 aliphatic carbocycles. The van der Waals surface area contributed by atoms with Crippen molar-refractivity contribution in [3.05, 3.63) is 358 Å². The largest absolute Gasteiger partial charge is 0.309 e. The highest BCUT2D eigenvalue weighted by Crippen LogP contribution is 2.47. The lowest BCUT2D eigenvalue weighted by Gasteiger charge is -2.19. The van der Waals surface area contributed by atoms with Crippen LogP contribution in [0.25, 0.3) is 200 Å². The SMILES string of the molecule is Cc1ccc2c(c1)c1cc(C)ccc1n2-c1ccc(-c2cccc(-c3c(-c4nc(C)nc(C)n4)cccc3-n3c4ccc(C)cc4c4cc(C)ccc43)c2)cc1-c1nc(C)nc(C)n1.Cc1ccc2c(c1)c1cc(C)ccc1n2-c1ccc(-c2cccc(-c3ccc(-n4c5ccc(C)cc5c5cc(C)ccc54)c(-c4nc(C)nc(C)n4)c3)c2)c(-c2nc(C)nc(C)n2)c1. The molecule has 0 spiro atoms. The monoisotopic (exact) mass is 1660 g/mol. The number of aromatic nitrogens is 16. The highest BCUT2D eigenvalue weighted by molar-refractivity contribution is 6.14. The fourth-order valence-electron chi connectivity index (χ4n) is 19.2. The van der Waals surface area contributed by atoms with E-state index in [0.717, 1.165) is 134 Å². The lowest BCUT2D eigenvalue weighted by atomic mass is 9.93. The second-order valence-corrected chi connectivity index (χ2v) is 34.6. The minimum absolute atomic E-state index is 0.636. The van der Waals surface area contributed by atoms with Crippen LogP contribution in [0, 0.1) is 111 Å². The van der Waals surface area contributed by atoms with E-state index in [9.17, 15) is 0 Å². The van der Waals surface area contributed by atoms with E-state index in [-0.39, 0.29) is 0 Å². The minimum Gasteiger partial charge on any atom is -0.309 e. The fraction of sp³-hybridized carbons (Fsp3) is 0.143. The Morgan fingerprint density at radius 1 is 0.164 bits per heavy atom. The molecule has 22 aromatic rings. The average molecular weight is 1660 g/mol. The van der Waals surface area contributed by atoms with Gasteiger partial charge in [-0.3, -0.25) is 0 Å². The van der Waals surface area contributed by atoms with Gasteiger partial charge in [0.1, 0.15) is 46.6 Å². The van der Waals surface area contributed by atoms with Crippen LogP contribution in [0.15, 0.2) is 267 Å². The third-order valence-electron chi connectivity index (χ3n) is 24.7. The lowest BCUT2D eigenvalue weighted by molar-refractivity contribution is 0.926. The van der Waals surface area contributed by atoms with Crippen LogP contribution in [0.4, 0.5) is 0 Å². The molecule has 128 heavy (non-hydrogen) atoms. The standard InChI is InChI=1S/2C56H46N8/c1-31-15-20-48-43(25-31)44-26-32(2)16-21-49(44)63(48)52-24-19-40(30-47(52)56-61-37(7)58-38(8)62-56)39-11-9-12-41(29-39)54-42(55-59-35(5)57-36(6)60-55)13-10-14-53(54)64-50-22-17-33(3)27-45(50)46-28-34(4)18-23-51(46)64;1-31-12-19-50-44(24-31)45-25-32(2)13-20-51(45)63(50)42-17-18-43(48(30-42)55-59-35(5)57-36(6)60-55)41-11-9-10-39(28-41)40-16-23-54(49(29-40)56-61-37(7)58-38(8)62-56)64-52-21-14-33(3)26-46(52)47-27-34(4)15-22-53(47)64/h2*9-30H,1-8H3. The van der Waals surface area contributed by atoms with Gasteiger partial charge in [0.25, 0.3) is 0 Å². The number of hydrogen-bond donors (Lipinski definition) is 0. The molecule has 0 atom stereocenters. The van der Waals surface area contributed by atoms with E-state index < -0.39 is 0 Å². The van der Waals surface area contributed by atoms with Crippen LogP contribution >= 0.6 is 0 Å². The summed E-state index contributed by atoms with van der Waals surface area (Å²) in [7, 11) is 0. The number of nitrogens with zero attached hydrogens (tertiary/aromatic N) is 16. The number of hydrogen-bond acceptors (Lipinski definition) is 12. The van der Waals surface area contributed by atoms with Crippen LogP contribution in [-0.4, -0.2) is 78.1 Å². The molecular weight excluding hydrogens is 1570 g/mol. The van der Waals surface area contributed by atoms with Crippen molar-refractivity contribution in [2.45, 2.75) is 111 Å². The Bertz CT molecular complexity index is 8050. The van der Waals surface area contributed by atoms with E-state index in [0.29, 0.717) is 69.9 Å². The summed E-state index contributed by atoms with van der Waals surface area (Å²) in [4.78, 5) is 57.8. The molecule has 0 N–H and O–H groups in total. The van der Waals surface area contributed by atoms with Gasteiger partial charge < -0.3 is 18.3 Å². The van der Waals surface area contributed by atoms with Crippen molar-refractivity contribution in [1.82, 2.24) is 78.1 Å². The molecule has 16 heteroatoms. The zero-order chi connectivity index (χ0) is 87.9. The smallest absolute Gasteiger partial charge is 0.165 e. The van der Waals surface area contributed by atoms with Gasteiger partial charge >= 0.3 is 0 Å². The summed E-state index contributed by atoms with van der Waals surface area (Å²) < 4.78 is 9.49. The maximum Gasteiger partial charge on any atom is 0.165 e. The Hall–Kier alpha value is -15.7. The number of fused-ring (bicyclic) bond motifs is 12. The van der Waals surface area contributed by atoms with Gasteiger partial charge in [-0.25, -0.2) is 59.8 Å². The molecule has 0 radical (unpaired) electrons. The fourth-order valence-corrected chi connectivity index (χ4v) is 19.2. The van der Waals surface area contributed by atoms with Crippen molar-refractivity contribution in [2.24, 2.45) is 0 Å². The normalized spacial score (nSPS) is 11.8. The Balaban J connectivity index is 0.000000156. The third kappa shape index (κ3) is 14.1. The summed E-state index contributed by atoms with van der Waals surface area (Å²) in [6, 6.07) is 97.8. The van der Waals surface area contributed by atoms with Crippen molar-refractivity contribution in [2.75, 3.05) is 0 Å². The van der Waals surface area contributed by atoms with E-state index in [1.54, 1.807) is 0 Å². The first-order chi connectivity index (χ1) is 61.9. The summed E-state index contributed by atoms with van der Waals surface area (Å²) in [6.07, 6.45) is 0. The Kier molecular flexibility index (Phi) is 19.4. The molecule has 0 aliphatic heterocycles. The summed E-state index contributed by atoms with van der Waals surface area (Å²) in [5.74, 6) is 8.00. The van der Waals surface area contributed by atoms with Gasteiger partial charge in [0, 0.05) is 76.6 Å². The Morgan fingerprint density at radius 3 is 0.766 bits per heavy atom. The lowest BCUT2D eigenvalue weighted by Crippen LogP contribution is -2.04. The Morgan fingerprint density at radius 2 is 0.430 bits per heavy atom. The van der Waals surface area contributed by atoms with Crippen molar-refractivity contribution in [1.29, 1.82) is 0 Å². The molecule has 620 valence electrons. The van der Waals surface area contributed by atoms with Crippen LogP contribution in [0.3, 0.4) is 0 Å².